The lowest BCUT2D eigenvalue weighted by Crippen LogP contribution is -2.55. The number of anilines is 1. The Morgan fingerprint density at radius 1 is 0.946 bits per heavy atom. The summed E-state index contributed by atoms with van der Waals surface area (Å²) in [6.45, 7) is 9.23. The molecule has 1 atom stereocenters. The first-order valence-corrected chi connectivity index (χ1v) is 14.3. The van der Waals surface area contributed by atoms with Crippen LogP contribution in [0.2, 0.25) is 0 Å². The van der Waals surface area contributed by atoms with E-state index >= 15 is 0 Å². The van der Waals surface area contributed by atoms with Gasteiger partial charge in [-0.2, -0.15) is 0 Å². The summed E-state index contributed by atoms with van der Waals surface area (Å²) in [4.78, 5) is 28.7. The number of nitrogens with zero attached hydrogens (tertiary/aromatic N) is 2. The highest BCUT2D eigenvalue weighted by Gasteiger charge is 2.33. The molecule has 1 N–H and O–H groups in total. The molecule has 0 fully saturated rings. The lowest BCUT2D eigenvalue weighted by Gasteiger charge is -2.35. The van der Waals surface area contributed by atoms with E-state index in [9.17, 15) is 18.0 Å². The Labute approximate surface area is 220 Å². The molecule has 198 valence electrons. The van der Waals surface area contributed by atoms with E-state index in [2.05, 4.69) is 5.32 Å². The van der Waals surface area contributed by atoms with Crippen LogP contribution in [0.15, 0.2) is 66.7 Å². The second-order valence-electron chi connectivity index (χ2n) is 10.4. The topological polar surface area (TPSA) is 86.8 Å². The zero-order valence-corrected chi connectivity index (χ0v) is 23.3. The molecule has 37 heavy (non-hydrogen) atoms. The molecule has 0 radical (unpaired) electrons. The van der Waals surface area contributed by atoms with Gasteiger partial charge in [-0.25, -0.2) is 8.42 Å². The molecule has 0 aliphatic heterocycles. The van der Waals surface area contributed by atoms with Crippen molar-refractivity contribution >= 4 is 38.3 Å². The van der Waals surface area contributed by atoms with Crippen LogP contribution in [0.25, 0.3) is 10.8 Å². The fourth-order valence-electron chi connectivity index (χ4n) is 4.36. The molecule has 0 spiro atoms. The molecule has 0 saturated carbocycles. The maximum atomic E-state index is 13.9. The minimum atomic E-state index is -3.82. The van der Waals surface area contributed by atoms with Crippen LogP contribution in [0.5, 0.6) is 0 Å². The van der Waals surface area contributed by atoms with Gasteiger partial charge < -0.3 is 10.2 Å². The Balaban J connectivity index is 2.05. The van der Waals surface area contributed by atoms with Gasteiger partial charge in [0.05, 0.1) is 11.9 Å². The number of hydrogen-bond donors (Lipinski definition) is 1. The molecule has 0 aliphatic carbocycles. The number of amides is 2. The molecule has 0 heterocycles. The van der Waals surface area contributed by atoms with E-state index in [1.165, 1.54) is 4.90 Å². The van der Waals surface area contributed by atoms with Crippen molar-refractivity contribution in [2.24, 2.45) is 0 Å². The van der Waals surface area contributed by atoms with Crippen molar-refractivity contribution < 1.29 is 18.0 Å². The highest BCUT2D eigenvalue weighted by atomic mass is 32.2. The molecule has 8 heteroatoms. The lowest BCUT2D eigenvalue weighted by molar-refractivity contribution is -0.141. The molecule has 0 aromatic heterocycles. The summed E-state index contributed by atoms with van der Waals surface area (Å²) in [5.41, 5.74) is 1.83. The normalized spacial score (nSPS) is 12.7. The number of rotatable bonds is 9. The summed E-state index contributed by atoms with van der Waals surface area (Å²) in [7, 11) is -3.82. The Kier molecular flexibility index (Phi) is 8.64. The molecule has 3 aromatic carbocycles. The van der Waals surface area contributed by atoms with E-state index in [0.717, 1.165) is 32.5 Å². The standard InChI is InChI=1S/C29H37N3O4S/c1-7-25(28(34)30-29(3,4)5)31(19-23-15-9-8-13-21(23)2)27(33)20-32(37(6,35)36)26-18-12-16-22-14-10-11-17-24(22)26/h8-18,25H,7,19-20H2,1-6H3,(H,30,34)/t25-/m1/s1. The van der Waals surface area contributed by atoms with E-state index in [-0.39, 0.29) is 12.5 Å². The smallest absolute Gasteiger partial charge is 0.244 e. The van der Waals surface area contributed by atoms with Gasteiger partial charge in [0.2, 0.25) is 21.8 Å². The van der Waals surface area contributed by atoms with E-state index in [1.807, 2.05) is 89.2 Å². The molecule has 0 aliphatic rings. The van der Waals surface area contributed by atoms with Crippen LogP contribution < -0.4 is 9.62 Å². The summed E-state index contributed by atoms with van der Waals surface area (Å²) in [6.07, 6.45) is 1.48. The molecule has 3 aromatic rings. The Morgan fingerprint density at radius 2 is 1.57 bits per heavy atom. The van der Waals surface area contributed by atoms with Gasteiger partial charge in [-0.05, 0) is 56.7 Å². The third-order valence-electron chi connectivity index (χ3n) is 6.20. The zero-order chi connectivity index (χ0) is 27.4. The number of benzene rings is 3. The van der Waals surface area contributed by atoms with Crippen LogP contribution >= 0.6 is 0 Å². The first-order chi connectivity index (χ1) is 17.3. The number of hydrogen-bond acceptors (Lipinski definition) is 4. The summed E-state index contributed by atoms with van der Waals surface area (Å²) >= 11 is 0. The van der Waals surface area contributed by atoms with E-state index in [0.29, 0.717) is 12.1 Å². The van der Waals surface area contributed by atoms with Gasteiger partial charge in [0.1, 0.15) is 12.6 Å². The van der Waals surface area contributed by atoms with Gasteiger partial charge >= 0.3 is 0 Å². The van der Waals surface area contributed by atoms with Crippen molar-refractivity contribution in [3.8, 4) is 0 Å². The predicted octanol–water partition coefficient (Wildman–Crippen LogP) is 4.64. The van der Waals surface area contributed by atoms with Crippen molar-refractivity contribution in [1.82, 2.24) is 10.2 Å². The third-order valence-corrected chi connectivity index (χ3v) is 7.33. The highest BCUT2D eigenvalue weighted by molar-refractivity contribution is 7.92. The van der Waals surface area contributed by atoms with Gasteiger partial charge in [0, 0.05) is 17.5 Å². The van der Waals surface area contributed by atoms with Crippen LogP contribution in [0, 0.1) is 6.92 Å². The summed E-state index contributed by atoms with van der Waals surface area (Å²) in [5.74, 6) is -0.717. The molecular formula is C29H37N3O4S. The van der Waals surface area contributed by atoms with Crippen molar-refractivity contribution in [3.05, 3.63) is 77.9 Å². The second-order valence-corrected chi connectivity index (χ2v) is 12.3. The van der Waals surface area contributed by atoms with Crippen molar-refractivity contribution in [1.29, 1.82) is 0 Å². The van der Waals surface area contributed by atoms with Crippen molar-refractivity contribution in [3.63, 3.8) is 0 Å². The minimum Gasteiger partial charge on any atom is -0.350 e. The zero-order valence-electron chi connectivity index (χ0n) is 22.5. The van der Waals surface area contributed by atoms with E-state index < -0.39 is 34.1 Å². The molecule has 2 amide bonds. The lowest BCUT2D eigenvalue weighted by atomic mass is 10.0. The second kappa shape index (κ2) is 11.3. The first-order valence-electron chi connectivity index (χ1n) is 12.4. The average Bonchev–Trinajstić information content (AvgIpc) is 2.81. The average molecular weight is 524 g/mol. The van der Waals surface area contributed by atoms with Crippen molar-refractivity contribution in [2.45, 2.75) is 59.2 Å². The van der Waals surface area contributed by atoms with Gasteiger partial charge in [0.15, 0.2) is 0 Å². The van der Waals surface area contributed by atoms with E-state index in [4.69, 9.17) is 0 Å². The van der Waals surface area contributed by atoms with E-state index in [1.54, 1.807) is 12.1 Å². The van der Waals surface area contributed by atoms with Crippen molar-refractivity contribution in [2.75, 3.05) is 17.1 Å². The Morgan fingerprint density at radius 3 is 2.19 bits per heavy atom. The minimum absolute atomic E-state index is 0.189. The fourth-order valence-corrected chi connectivity index (χ4v) is 5.23. The highest BCUT2D eigenvalue weighted by Crippen LogP contribution is 2.29. The van der Waals surface area contributed by atoms with Crippen LogP contribution in [0.1, 0.15) is 45.2 Å². The van der Waals surface area contributed by atoms with Gasteiger partial charge in [-0.3, -0.25) is 13.9 Å². The predicted molar refractivity (Wildman–Crippen MR) is 150 cm³/mol. The number of nitrogens with one attached hydrogen (secondary N) is 1. The molecule has 7 nitrogen and oxygen atoms in total. The number of fused-ring (bicyclic) bond motifs is 1. The van der Waals surface area contributed by atoms with Crippen LogP contribution in [-0.4, -0.2) is 49.5 Å². The maximum absolute atomic E-state index is 13.9. The number of carbonyl (C=O) groups is 2. The molecule has 0 unspecified atom stereocenters. The van der Waals surface area contributed by atoms with Gasteiger partial charge in [-0.1, -0.05) is 67.6 Å². The largest absolute Gasteiger partial charge is 0.350 e. The number of sulfonamides is 1. The summed E-state index contributed by atoms with van der Waals surface area (Å²) < 4.78 is 27.1. The third kappa shape index (κ3) is 7.10. The Bertz CT molecular complexity index is 1370. The van der Waals surface area contributed by atoms with Crippen LogP contribution in [0.3, 0.4) is 0 Å². The van der Waals surface area contributed by atoms with Gasteiger partial charge in [-0.15, -0.1) is 0 Å². The quantitative estimate of drug-likeness (QED) is 0.443. The summed E-state index contributed by atoms with van der Waals surface area (Å²) in [6, 6.07) is 19.7. The first kappa shape index (κ1) is 28.2. The molecule has 0 saturated heterocycles. The monoisotopic (exact) mass is 523 g/mol. The molecule has 0 bridgehead atoms. The van der Waals surface area contributed by atoms with Crippen LogP contribution in [0.4, 0.5) is 5.69 Å². The molecular weight excluding hydrogens is 486 g/mol. The SMILES string of the molecule is CC[C@H](C(=O)NC(C)(C)C)N(Cc1ccccc1C)C(=O)CN(c1cccc2ccccc12)S(C)(=O)=O. The number of aryl methyl sites for hydroxylation is 1. The maximum Gasteiger partial charge on any atom is 0.244 e. The Hall–Kier alpha value is -3.39. The molecule has 3 rings (SSSR count). The number of carbonyl (C=O) groups excluding carboxylic acids is 2. The van der Waals surface area contributed by atoms with Gasteiger partial charge in [0.25, 0.3) is 0 Å². The summed E-state index contributed by atoms with van der Waals surface area (Å²) in [5, 5.41) is 4.58. The fraction of sp³-hybridized carbons (Fsp3) is 0.379. The van der Waals surface area contributed by atoms with Crippen LogP contribution in [-0.2, 0) is 26.2 Å².